The molecule has 3 amide bonds. The zero-order valence-electron chi connectivity index (χ0n) is 15.9. The number of anilines is 2. The van der Waals surface area contributed by atoms with Crippen LogP contribution in [0.4, 0.5) is 11.4 Å². The highest BCUT2D eigenvalue weighted by Gasteiger charge is 2.11. The summed E-state index contributed by atoms with van der Waals surface area (Å²) in [6.45, 7) is 3.06. The van der Waals surface area contributed by atoms with Gasteiger partial charge in [0.05, 0.1) is 19.1 Å². The van der Waals surface area contributed by atoms with Crippen molar-refractivity contribution in [2.45, 2.75) is 20.3 Å². The highest BCUT2D eigenvalue weighted by Crippen LogP contribution is 2.17. The van der Waals surface area contributed by atoms with E-state index in [0.29, 0.717) is 28.4 Å². The number of amides is 3. The topological polar surface area (TPSA) is 109 Å². The van der Waals surface area contributed by atoms with Crippen LogP contribution >= 0.6 is 0 Å². The average molecular weight is 382 g/mol. The summed E-state index contributed by atoms with van der Waals surface area (Å²) >= 11 is 0. The van der Waals surface area contributed by atoms with Crippen LogP contribution in [0, 0.1) is 0 Å². The van der Waals surface area contributed by atoms with Gasteiger partial charge in [-0.2, -0.15) is 5.10 Å². The Hall–Kier alpha value is -3.68. The Labute approximate surface area is 163 Å². The van der Waals surface area contributed by atoms with Crippen molar-refractivity contribution in [2.24, 2.45) is 5.10 Å². The van der Waals surface area contributed by atoms with Crippen LogP contribution in [-0.2, 0) is 9.59 Å². The molecular weight excluding hydrogens is 360 g/mol. The molecule has 0 aliphatic heterocycles. The number of carbonyl (C=O) groups is 3. The number of nitrogens with one attached hydrogen (secondary N) is 3. The molecule has 8 heteroatoms. The third-order valence-corrected chi connectivity index (χ3v) is 3.61. The fourth-order valence-electron chi connectivity index (χ4n) is 2.36. The molecule has 0 atom stereocenters. The third-order valence-electron chi connectivity index (χ3n) is 3.61. The number of para-hydroxylation sites is 1. The first-order valence-corrected chi connectivity index (χ1v) is 8.53. The zero-order valence-corrected chi connectivity index (χ0v) is 15.9. The van der Waals surface area contributed by atoms with Crippen LogP contribution in [-0.4, -0.2) is 30.5 Å². The van der Waals surface area contributed by atoms with Crippen LogP contribution in [0.2, 0.25) is 0 Å². The molecular formula is C20H22N4O4. The highest BCUT2D eigenvalue weighted by atomic mass is 16.5. The molecule has 3 N–H and O–H groups in total. The fraction of sp³-hybridized carbons (Fsp3) is 0.200. The van der Waals surface area contributed by atoms with Crippen molar-refractivity contribution in [1.82, 2.24) is 5.43 Å². The van der Waals surface area contributed by atoms with Gasteiger partial charge in [0.25, 0.3) is 5.91 Å². The molecule has 2 aromatic carbocycles. The lowest BCUT2D eigenvalue weighted by Crippen LogP contribution is -2.22. The maximum Gasteiger partial charge on any atom is 0.275 e. The second kappa shape index (κ2) is 9.86. The molecule has 0 spiro atoms. The Morgan fingerprint density at radius 1 is 0.929 bits per heavy atom. The predicted molar refractivity (Wildman–Crippen MR) is 108 cm³/mol. The number of methoxy groups -OCH3 is 1. The maximum atomic E-state index is 12.2. The molecule has 0 aromatic heterocycles. The fourth-order valence-corrected chi connectivity index (χ4v) is 2.36. The van der Waals surface area contributed by atoms with E-state index >= 15 is 0 Å². The number of hydrogen-bond donors (Lipinski definition) is 3. The number of ether oxygens (including phenoxy) is 1. The van der Waals surface area contributed by atoms with E-state index in [-0.39, 0.29) is 18.2 Å². The molecule has 0 heterocycles. The normalized spacial score (nSPS) is 10.8. The lowest BCUT2D eigenvalue weighted by Gasteiger charge is -2.08. The molecule has 0 unspecified atom stereocenters. The van der Waals surface area contributed by atoms with Gasteiger partial charge in [0.2, 0.25) is 11.8 Å². The van der Waals surface area contributed by atoms with E-state index in [0.717, 1.165) is 0 Å². The van der Waals surface area contributed by atoms with Gasteiger partial charge in [-0.15, -0.1) is 0 Å². The summed E-state index contributed by atoms with van der Waals surface area (Å²) < 4.78 is 5.14. The van der Waals surface area contributed by atoms with Crippen molar-refractivity contribution in [3.63, 3.8) is 0 Å². The summed E-state index contributed by atoms with van der Waals surface area (Å²) in [6.07, 6.45) is 0.0135. The Morgan fingerprint density at radius 3 is 2.14 bits per heavy atom. The highest BCUT2D eigenvalue weighted by molar-refractivity contribution is 6.06. The van der Waals surface area contributed by atoms with E-state index in [1.54, 1.807) is 55.5 Å². The van der Waals surface area contributed by atoms with E-state index in [2.05, 4.69) is 21.2 Å². The molecule has 2 aromatic rings. The van der Waals surface area contributed by atoms with E-state index in [1.165, 1.54) is 14.0 Å². The monoisotopic (exact) mass is 382 g/mol. The molecule has 0 fully saturated rings. The van der Waals surface area contributed by atoms with Gasteiger partial charge in [0, 0.05) is 24.0 Å². The van der Waals surface area contributed by atoms with Gasteiger partial charge in [-0.05, 0) is 43.3 Å². The molecule has 0 aliphatic carbocycles. The summed E-state index contributed by atoms with van der Waals surface area (Å²) in [5.41, 5.74) is 4.44. The summed E-state index contributed by atoms with van der Waals surface area (Å²) in [5, 5.41) is 9.33. The van der Waals surface area contributed by atoms with Gasteiger partial charge < -0.3 is 15.4 Å². The first kappa shape index (κ1) is 20.6. The van der Waals surface area contributed by atoms with E-state index in [9.17, 15) is 14.4 Å². The Balaban J connectivity index is 1.89. The van der Waals surface area contributed by atoms with Gasteiger partial charge in [0.1, 0.15) is 5.75 Å². The molecule has 0 aliphatic rings. The summed E-state index contributed by atoms with van der Waals surface area (Å²) in [6, 6.07) is 13.5. The summed E-state index contributed by atoms with van der Waals surface area (Å²) in [7, 11) is 1.48. The van der Waals surface area contributed by atoms with Crippen LogP contribution in [0.3, 0.4) is 0 Å². The second-order valence-corrected chi connectivity index (χ2v) is 5.97. The number of hydrogen-bond acceptors (Lipinski definition) is 5. The van der Waals surface area contributed by atoms with E-state index < -0.39 is 5.91 Å². The number of nitrogens with zero attached hydrogens (tertiary/aromatic N) is 1. The number of carbonyl (C=O) groups excluding carboxylic acids is 3. The zero-order chi connectivity index (χ0) is 20.5. The quantitative estimate of drug-likeness (QED) is 0.505. The molecule has 146 valence electrons. The van der Waals surface area contributed by atoms with Crippen LogP contribution in [0.5, 0.6) is 5.75 Å². The molecule has 0 bridgehead atoms. The van der Waals surface area contributed by atoms with Gasteiger partial charge in [-0.25, -0.2) is 5.43 Å². The Kier molecular flexibility index (Phi) is 7.27. The standard InChI is InChI=1S/C20H22N4O4/c1-13(23-24-20(27)17-6-4-5-7-18(17)28-3)12-19(26)22-16-10-8-15(9-11-16)21-14(2)25/h4-11H,12H2,1-3H3,(H,21,25)(H,22,26)(H,24,27). The van der Waals surface area contributed by atoms with E-state index in [4.69, 9.17) is 4.74 Å². The summed E-state index contributed by atoms with van der Waals surface area (Å²) in [5.74, 6) is -0.432. The first-order chi connectivity index (χ1) is 13.4. The van der Waals surface area contributed by atoms with Gasteiger partial charge in [-0.3, -0.25) is 14.4 Å². The SMILES string of the molecule is COc1ccccc1C(=O)NN=C(C)CC(=O)Nc1ccc(NC(C)=O)cc1. The minimum absolute atomic E-state index is 0.0135. The average Bonchev–Trinajstić information content (AvgIpc) is 2.67. The molecule has 0 radical (unpaired) electrons. The van der Waals surface area contributed by atoms with Crippen LogP contribution in [0.25, 0.3) is 0 Å². The number of benzene rings is 2. The van der Waals surface area contributed by atoms with Gasteiger partial charge in [0.15, 0.2) is 0 Å². The number of rotatable bonds is 7. The minimum atomic E-state index is -0.425. The van der Waals surface area contributed by atoms with Crippen LogP contribution in [0.1, 0.15) is 30.6 Å². The van der Waals surface area contributed by atoms with Crippen LogP contribution in [0.15, 0.2) is 53.6 Å². The van der Waals surface area contributed by atoms with Crippen molar-refractivity contribution >= 4 is 34.8 Å². The minimum Gasteiger partial charge on any atom is -0.496 e. The third kappa shape index (κ3) is 6.24. The van der Waals surface area contributed by atoms with Crippen molar-refractivity contribution < 1.29 is 19.1 Å². The van der Waals surface area contributed by atoms with Crippen molar-refractivity contribution in [1.29, 1.82) is 0 Å². The lowest BCUT2D eigenvalue weighted by atomic mass is 10.2. The first-order valence-electron chi connectivity index (χ1n) is 8.53. The van der Waals surface area contributed by atoms with Crippen LogP contribution < -0.4 is 20.8 Å². The summed E-state index contributed by atoms with van der Waals surface area (Å²) in [4.78, 5) is 35.3. The predicted octanol–water partition coefficient (Wildman–Crippen LogP) is 2.79. The van der Waals surface area contributed by atoms with E-state index in [1.807, 2.05) is 0 Å². The second-order valence-electron chi connectivity index (χ2n) is 5.97. The smallest absolute Gasteiger partial charge is 0.275 e. The molecule has 8 nitrogen and oxygen atoms in total. The number of hydrazone groups is 1. The lowest BCUT2D eigenvalue weighted by molar-refractivity contribution is -0.115. The molecule has 28 heavy (non-hydrogen) atoms. The maximum absolute atomic E-state index is 12.2. The largest absolute Gasteiger partial charge is 0.496 e. The molecule has 0 saturated heterocycles. The Morgan fingerprint density at radius 2 is 1.54 bits per heavy atom. The molecule has 0 saturated carbocycles. The van der Waals surface area contributed by atoms with Gasteiger partial charge >= 0.3 is 0 Å². The molecule has 2 rings (SSSR count). The van der Waals surface area contributed by atoms with Crippen molar-refractivity contribution in [3.8, 4) is 5.75 Å². The van der Waals surface area contributed by atoms with Gasteiger partial charge in [-0.1, -0.05) is 12.1 Å². The van der Waals surface area contributed by atoms with Crippen molar-refractivity contribution in [2.75, 3.05) is 17.7 Å². The van der Waals surface area contributed by atoms with Crippen molar-refractivity contribution in [3.05, 3.63) is 54.1 Å². The Bertz CT molecular complexity index is 891.